The highest BCUT2D eigenvalue weighted by molar-refractivity contribution is 6.57. The summed E-state index contributed by atoms with van der Waals surface area (Å²) in [6.45, 7) is 0. The third-order valence-corrected chi connectivity index (χ3v) is 2.43. The number of hydrogen-bond acceptors (Lipinski definition) is 2. The van der Waals surface area contributed by atoms with Gasteiger partial charge in [-0.3, -0.25) is 0 Å². The van der Waals surface area contributed by atoms with E-state index >= 15 is 0 Å². The Morgan fingerprint density at radius 2 is 1.35 bits per heavy atom. The second-order valence-corrected chi connectivity index (χ2v) is 3.65. The minimum Gasteiger partial charge on any atom is -0.512 e. The molecular formula is C14H9BO2. The van der Waals surface area contributed by atoms with Gasteiger partial charge in [-0.1, -0.05) is 36.3 Å². The van der Waals surface area contributed by atoms with E-state index in [9.17, 15) is 0 Å². The van der Waals surface area contributed by atoms with Gasteiger partial charge >= 0.3 is 7.12 Å². The highest BCUT2D eigenvalue weighted by Crippen LogP contribution is 2.32. The molecule has 1 heterocycles. The quantitative estimate of drug-likeness (QED) is 0.501. The van der Waals surface area contributed by atoms with Gasteiger partial charge in [0.2, 0.25) is 0 Å². The van der Waals surface area contributed by atoms with Crippen LogP contribution in [0.3, 0.4) is 0 Å². The van der Waals surface area contributed by atoms with Gasteiger partial charge in [-0.25, -0.2) is 0 Å². The van der Waals surface area contributed by atoms with Crippen molar-refractivity contribution in [1.82, 2.24) is 0 Å². The Morgan fingerprint density at radius 1 is 0.765 bits per heavy atom. The van der Waals surface area contributed by atoms with Gasteiger partial charge in [-0.15, -0.1) is 0 Å². The Hall–Kier alpha value is -2.34. The summed E-state index contributed by atoms with van der Waals surface area (Å²) in [5.41, 5.74) is 0.954. The molecule has 0 fully saturated rings. The van der Waals surface area contributed by atoms with Crippen molar-refractivity contribution in [2.75, 3.05) is 0 Å². The van der Waals surface area contributed by atoms with Crippen molar-refractivity contribution in [1.29, 1.82) is 0 Å². The van der Waals surface area contributed by atoms with Gasteiger partial charge < -0.3 is 9.31 Å². The molecule has 0 N–H and O–H groups in total. The molecule has 0 aromatic heterocycles. The summed E-state index contributed by atoms with van der Waals surface area (Å²) < 4.78 is 11.1. The molecule has 0 radical (unpaired) electrons. The Bertz CT molecular complexity index is 559. The van der Waals surface area contributed by atoms with E-state index in [4.69, 9.17) is 9.31 Å². The van der Waals surface area contributed by atoms with E-state index in [-0.39, 0.29) is 0 Å². The molecule has 2 aromatic carbocycles. The largest absolute Gasteiger partial charge is 0.690 e. The lowest BCUT2D eigenvalue weighted by Crippen LogP contribution is -2.22. The Labute approximate surface area is 100 Å². The average Bonchev–Trinajstić information content (AvgIpc) is 2.80. The van der Waals surface area contributed by atoms with Gasteiger partial charge in [0.15, 0.2) is 0 Å². The highest BCUT2D eigenvalue weighted by Gasteiger charge is 2.29. The molecule has 3 rings (SSSR count). The smallest absolute Gasteiger partial charge is 0.512 e. The second-order valence-electron chi connectivity index (χ2n) is 3.65. The predicted molar refractivity (Wildman–Crippen MR) is 66.8 cm³/mol. The standard InChI is InChI=1S/C14H9BO2/c1-2-6-12(7-3-1)10-11-15-16-13-8-4-5-9-14(13)17-15/h1-9H. The Kier molecular flexibility index (Phi) is 2.47. The summed E-state index contributed by atoms with van der Waals surface area (Å²) in [4.78, 5) is 0. The number of hydrogen-bond donors (Lipinski definition) is 0. The van der Waals surface area contributed by atoms with Gasteiger partial charge in [0.05, 0.1) is 0 Å². The number of benzene rings is 2. The maximum absolute atomic E-state index is 5.53. The second kappa shape index (κ2) is 4.27. The summed E-state index contributed by atoms with van der Waals surface area (Å²) in [5.74, 6) is 7.47. The maximum Gasteiger partial charge on any atom is 0.690 e. The minimum absolute atomic E-state index is 0.507. The van der Waals surface area contributed by atoms with Crippen LogP contribution in [0.15, 0.2) is 54.6 Å². The van der Waals surface area contributed by atoms with E-state index in [1.165, 1.54) is 0 Å². The van der Waals surface area contributed by atoms with E-state index < -0.39 is 7.12 Å². The van der Waals surface area contributed by atoms with E-state index in [1.54, 1.807) is 0 Å². The molecule has 0 unspecified atom stereocenters. The zero-order valence-electron chi connectivity index (χ0n) is 9.09. The molecule has 0 saturated carbocycles. The summed E-state index contributed by atoms with van der Waals surface area (Å²) in [6.07, 6.45) is 0. The van der Waals surface area contributed by atoms with Crippen molar-refractivity contribution >= 4 is 7.12 Å². The van der Waals surface area contributed by atoms with E-state index in [0.29, 0.717) is 0 Å². The molecule has 0 atom stereocenters. The molecule has 3 heteroatoms. The first-order valence-corrected chi connectivity index (χ1v) is 5.41. The monoisotopic (exact) mass is 220 g/mol. The lowest BCUT2D eigenvalue weighted by atomic mass is 9.92. The SMILES string of the molecule is C(#Cc1ccccc1)B1Oc2ccccc2O1. The molecule has 2 nitrogen and oxygen atoms in total. The number of rotatable bonds is 0. The molecule has 0 amide bonds. The van der Waals surface area contributed by atoms with Crippen LogP contribution < -0.4 is 9.31 Å². The predicted octanol–water partition coefficient (Wildman–Crippen LogP) is 2.54. The Balaban J connectivity index is 1.77. The van der Waals surface area contributed by atoms with Crippen molar-refractivity contribution in [2.45, 2.75) is 0 Å². The summed E-state index contributed by atoms with van der Waals surface area (Å²) >= 11 is 0. The van der Waals surface area contributed by atoms with Crippen LogP contribution in [-0.2, 0) is 0 Å². The van der Waals surface area contributed by atoms with Gasteiger partial charge in [0, 0.05) is 5.56 Å². The number of fused-ring (bicyclic) bond motifs is 1. The van der Waals surface area contributed by atoms with Crippen LogP contribution in [0, 0.1) is 11.7 Å². The van der Waals surface area contributed by atoms with Crippen LogP contribution >= 0.6 is 0 Å². The van der Waals surface area contributed by atoms with E-state index in [0.717, 1.165) is 17.1 Å². The van der Waals surface area contributed by atoms with Crippen molar-refractivity contribution in [3.05, 3.63) is 60.2 Å². The van der Waals surface area contributed by atoms with Gasteiger partial charge in [-0.2, -0.15) is 0 Å². The summed E-state index contributed by atoms with van der Waals surface area (Å²) in [7, 11) is -0.507. The molecular weight excluding hydrogens is 211 g/mol. The molecule has 0 saturated heterocycles. The highest BCUT2D eigenvalue weighted by atomic mass is 16.6. The molecule has 2 aromatic rings. The zero-order chi connectivity index (χ0) is 11.5. The third-order valence-electron chi connectivity index (χ3n) is 2.43. The topological polar surface area (TPSA) is 18.5 Å². The fraction of sp³-hybridized carbons (Fsp3) is 0. The molecule has 1 aliphatic heterocycles. The lowest BCUT2D eigenvalue weighted by molar-refractivity contribution is 0.520. The van der Waals surface area contributed by atoms with Crippen molar-refractivity contribution in [2.24, 2.45) is 0 Å². The van der Waals surface area contributed by atoms with Gasteiger partial charge in [0.25, 0.3) is 0 Å². The summed E-state index contributed by atoms with van der Waals surface area (Å²) in [6, 6.07) is 17.3. The summed E-state index contributed by atoms with van der Waals surface area (Å²) in [5, 5.41) is 0. The van der Waals surface area contributed by atoms with Crippen LogP contribution in [0.5, 0.6) is 11.5 Å². The van der Waals surface area contributed by atoms with Crippen LogP contribution in [0.1, 0.15) is 5.56 Å². The maximum atomic E-state index is 5.53. The zero-order valence-corrected chi connectivity index (χ0v) is 9.09. The average molecular weight is 220 g/mol. The van der Waals surface area contributed by atoms with Crippen LogP contribution in [-0.4, -0.2) is 7.12 Å². The van der Waals surface area contributed by atoms with E-state index in [1.807, 2.05) is 54.6 Å². The molecule has 17 heavy (non-hydrogen) atoms. The van der Waals surface area contributed by atoms with Crippen molar-refractivity contribution < 1.29 is 9.31 Å². The first kappa shape index (κ1) is 9.86. The molecule has 80 valence electrons. The van der Waals surface area contributed by atoms with Gasteiger partial charge in [0.1, 0.15) is 11.5 Å². The third kappa shape index (κ3) is 2.11. The molecule has 0 spiro atoms. The lowest BCUT2D eigenvalue weighted by Gasteiger charge is -1.94. The first-order chi connectivity index (χ1) is 8.42. The normalized spacial score (nSPS) is 11.9. The fourth-order valence-corrected chi connectivity index (χ4v) is 1.62. The molecule has 0 aliphatic carbocycles. The first-order valence-electron chi connectivity index (χ1n) is 5.41. The Morgan fingerprint density at radius 3 is 2.00 bits per heavy atom. The minimum atomic E-state index is -0.507. The van der Waals surface area contributed by atoms with Crippen LogP contribution in [0.4, 0.5) is 0 Å². The van der Waals surface area contributed by atoms with Crippen molar-refractivity contribution in [3.8, 4) is 23.2 Å². The van der Waals surface area contributed by atoms with Gasteiger partial charge in [-0.05, 0) is 30.1 Å². The van der Waals surface area contributed by atoms with E-state index in [2.05, 4.69) is 11.7 Å². The van der Waals surface area contributed by atoms with Crippen LogP contribution in [0.25, 0.3) is 0 Å². The molecule has 0 bridgehead atoms. The van der Waals surface area contributed by atoms with Crippen LogP contribution in [0.2, 0.25) is 0 Å². The number of para-hydroxylation sites is 2. The fourth-order valence-electron chi connectivity index (χ4n) is 1.62. The van der Waals surface area contributed by atoms with Crippen molar-refractivity contribution in [3.63, 3.8) is 0 Å². The molecule has 1 aliphatic rings.